The van der Waals surface area contributed by atoms with E-state index in [9.17, 15) is 14.4 Å². The summed E-state index contributed by atoms with van der Waals surface area (Å²) >= 11 is 3.34. The highest BCUT2D eigenvalue weighted by atomic mass is 79.9. The third-order valence-corrected chi connectivity index (χ3v) is 4.31. The average molecular weight is 369 g/mol. The summed E-state index contributed by atoms with van der Waals surface area (Å²) in [6.45, 7) is 1.70. The van der Waals surface area contributed by atoms with E-state index in [1.165, 1.54) is 0 Å². The van der Waals surface area contributed by atoms with Crippen molar-refractivity contribution in [1.29, 1.82) is 0 Å². The Morgan fingerprint density at radius 1 is 1.27 bits per heavy atom. The molecule has 7 heteroatoms. The van der Waals surface area contributed by atoms with Crippen LogP contribution in [0, 0.1) is 18.8 Å². The molecule has 6 nitrogen and oxygen atoms in total. The first-order chi connectivity index (χ1) is 10.4. The maximum absolute atomic E-state index is 11.8. The van der Waals surface area contributed by atoms with Gasteiger partial charge in [0.2, 0.25) is 11.8 Å². The van der Waals surface area contributed by atoms with Crippen molar-refractivity contribution in [3.63, 3.8) is 0 Å². The van der Waals surface area contributed by atoms with Crippen molar-refractivity contribution in [2.75, 3.05) is 11.9 Å². The molecular formula is C15H17BrN2O4. The van der Waals surface area contributed by atoms with Crippen molar-refractivity contribution in [2.24, 2.45) is 11.8 Å². The first-order valence-corrected chi connectivity index (χ1v) is 7.74. The molecule has 1 aromatic carbocycles. The number of anilines is 1. The number of benzene rings is 1. The lowest BCUT2D eigenvalue weighted by Gasteiger charge is -2.31. The normalized spacial score (nSPS) is 19.9. The van der Waals surface area contributed by atoms with Crippen LogP contribution in [0.5, 0.6) is 0 Å². The van der Waals surface area contributed by atoms with Crippen LogP contribution in [0.15, 0.2) is 22.7 Å². The summed E-state index contributed by atoms with van der Waals surface area (Å²) < 4.78 is 0.918. The van der Waals surface area contributed by atoms with Crippen LogP contribution in [0.4, 0.5) is 5.69 Å². The van der Waals surface area contributed by atoms with Crippen LogP contribution in [-0.4, -0.2) is 29.4 Å². The van der Waals surface area contributed by atoms with Crippen LogP contribution in [0.2, 0.25) is 0 Å². The van der Waals surface area contributed by atoms with Gasteiger partial charge in [0.1, 0.15) is 0 Å². The molecule has 2 unspecified atom stereocenters. The Hall–Kier alpha value is -1.89. The van der Waals surface area contributed by atoms with Gasteiger partial charge in [-0.2, -0.15) is 0 Å². The molecule has 1 fully saturated rings. The Balaban J connectivity index is 1.83. The molecule has 3 N–H and O–H groups in total. The average Bonchev–Trinajstić information content (AvgIpc) is 2.37. The van der Waals surface area contributed by atoms with Gasteiger partial charge in [-0.05, 0) is 43.5 Å². The minimum Gasteiger partial charge on any atom is -0.481 e. The number of hydrogen-bond donors (Lipinski definition) is 3. The van der Waals surface area contributed by atoms with E-state index in [0.29, 0.717) is 18.5 Å². The van der Waals surface area contributed by atoms with Crippen LogP contribution in [-0.2, 0) is 14.4 Å². The number of carboxylic acid groups (broad SMARTS) is 1. The van der Waals surface area contributed by atoms with Crippen molar-refractivity contribution < 1.29 is 19.5 Å². The summed E-state index contributed by atoms with van der Waals surface area (Å²) in [7, 11) is 0. The smallest absolute Gasteiger partial charge is 0.307 e. The molecule has 0 spiro atoms. The molecule has 2 rings (SSSR count). The highest BCUT2D eigenvalue weighted by Gasteiger charge is 2.41. The molecule has 0 bridgehead atoms. The van der Waals surface area contributed by atoms with Gasteiger partial charge in [0.15, 0.2) is 0 Å². The van der Waals surface area contributed by atoms with E-state index in [1.54, 1.807) is 6.07 Å². The lowest BCUT2D eigenvalue weighted by atomic mass is 9.73. The maximum Gasteiger partial charge on any atom is 0.307 e. The van der Waals surface area contributed by atoms with Crippen molar-refractivity contribution in [2.45, 2.75) is 19.8 Å². The van der Waals surface area contributed by atoms with E-state index < -0.39 is 17.8 Å². The second-order valence-corrected chi connectivity index (χ2v) is 6.27. The second kappa shape index (κ2) is 6.91. The highest BCUT2D eigenvalue weighted by molar-refractivity contribution is 9.10. The Morgan fingerprint density at radius 2 is 1.95 bits per heavy atom. The summed E-state index contributed by atoms with van der Waals surface area (Å²) in [5.74, 6) is -2.83. The van der Waals surface area contributed by atoms with E-state index in [1.807, 2.05) is 19.1 Å². The molecule has 1 aromatic rings. The molecule has 1 aliphatic rings. The van der Waals surface area contributed by atoms with Crippen LogP contribution < -0.4 is 10.6 Å². The van der Waals surface area contributed by atoms with Gasteiger partial charge in [-0.1, -0.05) is 15.9 Å². The first-order valence-electron chi connectivity index (χ1n) is 6.95. The Kier molecular flexibility index (Phi) is 5.18. The fraction of sp³-hybridized carbons (Fsp3) is 0.400. The standard InChI is InChI=1S/C15H17BrN2O4/c1-8-6-9(16)2-5-12(8)18-13(19)7-17-14(20)10-3-4-11(10)15(21)22/h2,5-6,10-11H,3-4,7H2,1H3,(H,17,20)(H,18,19)(H,21,22). The van der Waals surface area contributed by atoms with Crippen LogP contribution in [0.25, 0.3) is 0 Å². The van der Waals surface area contributed by atoms with Crippen molar-refractivity contribution >= 4 is 39.4 Å². The van der Waals surface area contributed by atoms with Crippen LogP contribution >= 0.6 is 15.9 Å². The molecule has 0 aromatic heterocycles. The van der Waals surface area contributed by atoms with Gasteiger partial charge in [-0.25, -0.2) is 0 Å². The lowest BCUT2D eigenvalue weighted by molar-refractivity contribution is -0.152. The number of aryl methyl sites for hydroxylation is 1. The summed E-state index contributed by atoms with van der Waals surface area (Å²) in [6, 6.07) is 5.46. The Labute approximate surface area is 136 Å². The topological polar surface area (TPSA) is 95.5 Å². The largest absolute Gasteiger partial charge is 0.481 e. The number of halogens is 1. The zero-order valence-corrected chi connectivity index (χ0v) is 13.6. The predicted octanol–water partition coefficient (Wildman–Crippen LogP) is 1.92. The molecule has 2 atom stereocenters. The molecule has 22 heavy (non-hydrogen) atoms. The number of nitrogens with one attached hydrogen (secondary N) is 2. The third kappa shape index (κ3) is 3.85. The van der Waals surface area contributed by atoms with Gasteiger partial charge in [0, 0.05) is 10.2 Å². The number of aliphatic carboxylic acids is 1. The number of carbonyl (C=O) groups excluding carboxylic acids is 2. The number of hydrogen-bond acceptors (Lipinski definition) is 3. The van der Waals surface area contributed by atoms with Gasteiger partial charge in [0.05, 0.1) is 18.4 Å². The van der Waals surface area contributed by atoms with E-state index >= 15 is 0 Å². The van der Waals surface area contributed by atoms with E-state index in [2.05, 4.69) is 26.6 Å². The molecule has 118 valence electrons. The van der Waals surface area contributed by atoms with Gasteiger partial charge < -0.3 is 15.7 Å². The monoisotopic (exact) mass is 368 g/mol. The zero-order valence-electron chi connectivity index (χ0n) is 12.1. The minimum atomic E-state index is -0.957. The van der Waals surface area contributed by atoms with Gasteiger partial charge in [-0.15, -0.1) is 0 Å². The first kappa shape index (κ1) is 16.5. The molecule has 1 saturated carbocycles. The number of carbonyl (C=O) groups is 3. The Morgan fingerprint density at radius 3 is 2.50 bits per heavy atom. The SMILES string of the molecule is Cc1cc(Br)ccc1NC(=O)CNC(=O)C1CCC1C(=O)O. The van der Waals surface area contributed by atoms with Crippen molar-refractivity contribution in [3.8, 4) is 0 Å². The molecular weight excluding hydrogens is 352 g/mol. The van der Waals surface area contributed by atoms with E-state index in [4.69, 9.17) is 5.11 Å². The van der Waals surface area contributed by atoms with Gasteiger partial charge in [0.25, 0.3) is 0 Å². The molecule has 0 saturated heterocycles. The molecule has 1 aliphatic carbocycles. The van der Waals surface area contributed by atoms with Crippen LogP contribution in [0.3, 0.4) is 0 Å². The summed E-state index contributed by atoms with van der Waals surface area (Å²) in [4.78, 5) is 34.6. The highest BCUT2D eigenvalue weighted by Crippen LogP contribution is 2.34. The molecule has 0 radical (unpaired) electrons. The number of rotatable bonds is 5. The maximum atomic E-state index is 11.8. The molecule has 0 heterocycles. The van der Waals surface area contributed by atoms with Crippen molar-refractivity contribution in [3.05, 3.63) is 28.2 Å². The zero-order chi connectivity index (χ0) is 16.3. The van der Waals surface area contributed by atoms with Crippen LogP contribution in [0.1, 0.15) is 18.4 Å². The van der Waals surface area contributed by atoms with Gasteiger partial charge >= 0.3 is 5.97 Å². The molecule has 2 amide bonds. The number of amides is 2. The predicted molar refractivity (Wildman–Crippen MR) is 84.4 cm³/mol. The van der Waals surface area contributed by atoms with Crippen molar-refractivity contribution in [1.82, 2.24) is 5.32 Å². The summed E-state index contributed by atoms with van der Waals surface area (Å²) in [6.07, 6.45) is 1.06. The fourth-order valence-corrected chi connectivity index (χ4v) is 2.85. The minimum absolute atomic E-state index is 0.169. The van der Waals surface area contributed by atoms with E-state index in [0.717, 1.165) is 10.0 Å². The third-order valence-electron chi connectivity index (χ3n) is 3.81. The summed E-state index contributed by atoms with van der Waals surface area (Å²) in [5.41, 5.74) is 1.58. The fourth-order valence-electron chi connectivity index (χ4n) is 2.37. The summed E-state index contributed by atoms with van der Waals surface area (Å²) in [5, 5.41) is 14.1. The number of carboxylic acids is 1. The Bertz CT molecular complexity index is 618. The second-order valence-electron chi connectivity index (χ2n) is 5.35. The molecule has 0 aliphatic heterocycles. The van der Waals surface area contributed by atoms with E-state index in [-0.39, 0.29) is 18.4 Å². The quantitative estimate of drug-likeness (QED) is 0.739. The lowest BCUT2D eigenvalue weighted by Crippen LogP contribution is -2.45. The van der Waals surface area contributed by atoms with Gasteiger partial charge in [-0.3, -0.25) is 14.4 Å².